The molecular formula is C17H36O2. The quantitative estimate of drug-likeness (QED) is 0.627. The van der Waals surface area contributed by atoms with E-state index in [2.05, 4.69) is 48.5 Å². The van der Waals surface area contributed by atoms with Crippen LogP contribution in [0.3, 0.4) is 0 Å². The maximum absolute atomic E-state index is 9.12. The first-order valence-electron chi connectivity index (χ1n) is 7.95. The number of ether oxygens (including phenoxy) is 1. The van der Waals surface area contributed by atoms with Crippen molar-refractivity contribution in [2.75, 3.05) is 6.61 Å². The summed E-state index contributed by atoms with van der Waals surface area (Å²) >= 11 is 0. The molecule has 116 valence electrons. The van der Waals surface area contributed by atoms with E-state index in [1.165, 1.54) is 6.42 Å². The van der Waals surface area contributed by atoms with Crippen molar-refractivity contribution >= 4 is 0 Å². The minimum absolute atomic E-state index is 0.197. The fourth-order valence-electron chi connectivity index (χ4n) is 2.85. The third-order valence-electron chi connectivity index (χ3n) is 3.47. The lowest BCUT2D eigenvalue weighted by molar-refractivity contribution is -0.0960. The lowest BCUT2D eigenvalue weighted by Crippen LogP contribution is -2.33. The third-order valence-corrected chi connectivity index (χ3v) is 3.47. The Hall–Kier alpha value is -0.0800. The molecule has 0 fully saturated rings. The molecule has 19 heavy (non-hydrogen) atoms. The van der Waals surface area contributed by atoms with Crippen LogP contribution in [0.15, 0.2) is 0 Å². The van der Waals surface area contributed by atoms with Crippen LogP contribution in [0.5, 0.6) is 0 Å². The molecule has 0 aromatic carbocycles. The van der Waals surface area contributed by atoms with Gasteiger partial charge in [0.15, 0.2) is 0 Å². The van der Waals surface area contributed by atoms with E-state index in [-0.39, 0.29) is 12.2 Å². The van der Waals surface area contributed by atoms with Crippen LogP contribution in [0.1, 0.15) is 74.1 Å². The molecule has 0 aliphatic heterocycles. The highest BCUT2D eigenvalue weighted by atomic mass is 16.5. The Morgan fingerprint density at radius 3 is 1.84 bits per heavy atom. The molecule has 1 N–H and O–H groups in total. The van der Waals surface area contributed by atoms with Crippen molar-refractivity contribution in [3.63, 3.8) is 0 Å². The molecule has 0 saturated carbocycles. The van der Waals surface area contributed by atoms with E-state index in [0.29, 0.717) is 24.4 Å². The fourth-order valence-corrected chi connectivity index (χ4v) is 2.85. The highest BCUT2D eigenvalue weighted by molar-refractivity contribution is 4.74. The predicted octanol–water partition coefficient (Wildman–Crippen LogP) is 4.65. The Kier molecular flexibility index (Phi) is 8.93. The molecular weight excluding hydrogens is 236 g/mol. The van der Waals surface area contributed by atoms with Gasteiger partial charge in [-0.3, -0.25) is 0 Å². The second-order valence-electron chi connectivity index (χ2n) is 7.57. The molecule has 2 nitrogen and oxygen atoms in total. The molecule has 0 radical (unpaired) electrons. The fraction of sp³-hybridized carbons (Fsp3) is 1.00. The van der Waals surface area contributed by atoms with Crippen LogP contribution < -0.4 is 0 Å². The molecule has 0 saturated heterocycles. The Morgan fingerprint density at radius 2 is 1.42 bits per heavy atom. The molecule has 2 atom stereocenters. The number of aliphatic hydroxyl groups excluding tert-OH is 1. The van der Waals surface area contributed by atoms with Crippen molar-refractivity contribution in [1.82, 2.24) is 0 Å². The second-order valence-corrected chi connectivity index (χ2v) is 7.57. The molecule has 0 heterocycles. The molecule has 0 aliphatic rings. The summed E-state index contributed by atoms with van der Waals surface area (Å²) in [6.07, 6.45) is 4.52. The number of rotatable bonds is 10. The van der Waals surface area contributed by atoms with E-state index in [1.54, 1.807) is 0 Å². The van der Waals surface area contributed by atoms with Crippen LogP contribution >= 0.6 is 0 Å². The van der Waals surface area contributed by atoms with E-state index in [0.717, 1.165) is 18.8 Å². The molecule has 0 bridgehead atoms. The smallest absolute Gasteiger partial charge is 0.0652 e. The van der Waals surface area contributed by atoms with E-state index in [4.69, 9.17) is 9.84 Å². The maximum atomic E-state index is 9.12. The third kappa shape index (κ3) is 10.4. The Labute approximate surface area is 120 Å². The van der Waals surface area contributed by atoms with E-state index in [9.17, 15) is 0 Å². The highest BCUT2D eigenvalue weighted by Gasteiger charge is 2.25. The van der Waals surface area contributed by atoms with Crippen LogP contribution in [0.25, 0.3) is 0 Å². The summed E-state index contributed by atoms with van der Waals surface area (Å²) in [5.74, 6) is 2.11. The Bertz CT molecular complexity index is 221. The lowest BCUT2D eigenvalue weighted by atomic mass is 9.90. The molecule has 0 spiro atoms. The van der Waals surface area contributed by atoms with Crippen LogP contribution in [0.4, 0.5) is 0 Å². The first kappa shape index (κ1) is 18.9. The van der Waals surface area contributed by atoms with Crippen molar-refractivity contribution < 1.29 is 9.84 Å². The number of hydrogen-bond donors (Lipinski definition) is 1. The standard InChI is InChI=1S/C17H36O2/c1-13(2)10-15(5)12-16(11-14(3)4)19-17(6,7)8-9-18/h13-16,18H,8-12H2,1-7H3. The largest absolute Gasteiger partial charge is 0.396 e. The SMILES string of the molecule is CC(C)CC(C)CC(CC(C)C)OC(C)(C)CCO. The Balaban J connectivity index is 4.45. The average Bonchev–Trinajstić information content (AvgIpc) is 2.12. The van der Waals surface area contributed by atoms with Crippen LogP contribution in [0, 0.1) is 17.8 Å². The van der Waals surface area contributed by atoms with Crippen molar-refractivity contribution in [3.8, 4) is 0 Å². The maximum Gasteiger partial charge on any atom is 0.0652 e. The van der Waals surface area contributed by atoms with E-state index >= 15 is 0 Å². The van der Waals surface area contributed by atoms with Gasteiger partial charge in [-0.15, -0.1) is 0 Å². The molecule has 0 rings (SSSR count). The first-order valence-corrected chi connectivity index (χ1v) is 7.95. The summed E-state index contributed by atoms with van der Waals surface area (Å²) in [4.78, 5) is 0. The summed E-state index contributed by atoms with van der Waals surface area (Å²) in [6.45, 7) is 15.8. The minimum atomic E-state index is -0.216. The zero-order valence-electron chi connectivity index (χ0n) is 14.2. The van der Waals surface area contributed by atoms with Crippen molar-refractivity contribution in [3.05, 3.63) is 0 Å². The number of aliphatic hydroxyl groups is 1. The van der Waals surface area contributed by atoms with Gasteiger partial charge in [-0.1, -0.05) is 34.6 Å². The van der Waals surface area contributed by atoms with Gasteiger partial charge >= 0.3 is 0 Å². The summed E-state index contributed by atoms with van der Waals surface area (Å²) in [7, 11) is 0. The molecule has 0 amide bonds. The second kappa shape index (κ2) is 8.97. The van der Waals surface area contributed by atoms with Crippen LogP contribution in [-0.2, 0) is 4.74 Å². The first-order chi connectivity index (χ1) is 8.66. The zero-order chi connectivity index (χ0) is 15.1. The average molecular weight is 272 g/mol. The van der Waals surface area contributed by atoms with Gasteiger partial charge in [0.2, 0.25) is 0 Å². The van der Waals surface area contributed by atoms with Gasteiger partial charge < -0.3 is 9.84 Å². The van der Waals surface area contributed by atoms with Crippen molar-refractivity contribution in [2.24, 2.45) is 17.8 Å². The summed E-state index contributed by atoms with van der Waals surface area (Å²) in [5.41, 5.74) is -0.216. The summed E-state index contributed by atoms with van der Waals surface area (Å²) in [6, 6.07) is 0. The molecule has 0 aromatic rings. The normalized spacial score (nSPS) is 16.1. The monoisotopic (exact) mass is 272 g/mol. The van der Waals surface area contributed by atoms with Gasteiger partial charge in [0.25, 0.3) is 0 Å². The molecule has 2 heteroatoms. The van der Waals surface area contributed by atoms with Crippen molar-refractivity contribution in [1.29, 1.82) is 0 Å². The molecule has 0 aromatic heterocycles. The predicted molar refractivity (Wildman–Crippen MR) is 83.3 cm³/mol. The van der Waals surface area contributed by atoms with Gasteiger partial charge in [0.1, 0.15) is 0 Å². The van der Waals surface area contributed by atoms with Gasteiger partial charge in [0.05, 0.1) is 11.7 Å². The van der Waals surface area contributed by atoms with E-state index < -0.39 is 0 Å². The minimum Gasteiger partial charge on any atom is -0.396 e. The van der Waals surface area contributed by atoms with E-state index in [1.807, 2.05) is 0 Å². The highest BCUT2D eigenvalue weighted by Crippen LogP contribution is 2.26. The topological polar surface area (TPSA) is 29.5 Å². The van der Waals surface area contributed by atoms with Crippen molar-refractivity contribution in [2.45, 2.75) is 85.9 Å². The Morgan fingerprint density at radius 1 is 0.895 bits per heavy atom. The number of hydrogen-bond acceptors (Lipinski definition) is 2. The van der Waals surface area contributed by atoms with Gasteiger partial charge in [0, 0.05) is 6.61 Å². The lowest BCUT2D eigenvalue weighted by Gasteiger charge is -2.33. The molecule has 0 aliphatic carbocycles. The van der Waals surface area contributed by atoms with Crippen LogP contribution in [-0.4, -0.2) is 23.4 Å². The van der Waals surface area contributed by atoms with Crippen LogP contribution in [0.2, 0.25) is 0 Å². The van der Waals surface area contributed by atoms with Gasteiger partial charge in [-0.2, -0.15) is 0 Å². The zero-order valence-corrected chi connectivity index (χ0v) is 14.2. The van der Waals surface area contributed by atoms with Gasteiger partial charge in [-0.05, 0) is 57.3 Å². The van der Waals surface area contributed by atoms with Gasteiger partial charge in [-0.25, -0.2) is 0 Å². The summed E-state index contributed by atoms with van der Waals surface area (Å²) < 4.78 is 6.28. The summed E-state index contributed by atoms with van der Waals surface area (Å²) in [5, 5.41) is 9.12. The molecule has 2 unspecified atom stereocenters.